The van der Waals surface area contributed by atoms with Crippen LogP contribution in [0.4, 0.5) is 0 Å². The molecule has 3 aromatic heterocycles. The van der Waals surface area contributed by atoms with Crippen LogP contribution >= 0.6 is 11.3 Å². The molecule has 0 atom stereocenters. The van der Waals surface area contributed by atoms with Crippen molar-refractivity contribution in [1.82, 2.24) is 19.4 Å². The Morgan fingerprint density at radius 3 is 3.00 bits per heavy atom. The van der Waals surface area contributed by atoms with Gasteiger partial charge in [0.25, 0.3) is 5.91 Å². The van der Waals surface area contributed by atoms with Gasteiger partial charge >= 0.3 is 0 Å². The van der Waals surface area contributed by atoms with E-state index in [1.165, 1.54) is 0 Å². The van der Waals surface area contributed by atoms with Crippen molar-refractivity contribution < 1.29 is 4.79 Å². The third-order valence-corrected chi connectivity index (χ3v) is 3.94. The van der Waals surface area contributed by atoms with Crippen LogP contribution in [-0.4, -0.2) is 32.4 Å². The Hall–Kier alpha value is -2.47. The van der Waals surface area contributed by atoms with E-state index >= 15 is 0 Å². The molecule has 0 aliphatic heterocycles. The molecule has 3 heterocycles. The molecule has 0 unspecified atom stereocenters. The molecule has 0 saturated carbocycles. The van der Waals surface area contributed by atoms with Gasteiger partial charge in [-0.05, 0) is 23.6 Å². The largest absolute Gasteiger partial charge is 0.337 e. The van der Waals surface area contributed by atoms with Crippen molar-refractivity contribution >= 4 is 17.2 Å². The number of imidazole rings is 1. The molecule has 21 heavy (non-hydrogen) atoms. The van der Waals surface area contributed by atoms with Crippen molar-refractivity contribution in [2.75, 3.05) is 7.05 Å². The van der Waals surface area contributed by atoms with Gasteiger partial charge in [-0.25, -0.2) is 9.97 Å². The number of thiophene rings is 1. The molecule has 0 spiro atoms. The Bertz CT molecular complexity index is 722. The maximum atomic E-state index is 12.5. The Morgan fingerprint density at radius 2 is 2.29 bits per heavy atom. The lowest BCUT2D eigenvalue weighted by Crippen LogP contribution is -2.26. The molecule has 5 nitrogen and oxygen atoms in total. The number of hydrogen-bond acceptors (Lipinski definition) is 4. The zero-order chi connectivity index (χ0) is 14.7. The van der Waals surface area contributed by atoms with E-state index < -0.39 is 0 Å². The number of carbonyl (C=O) groups is 1. The number of rotatable bonds is 4. The number of carbonyl (C=O) groups excluding carboxylic acids is 1. The number of pyridine rings is 1. The number of nitrogens with zero attached hydrogens (tertiary/aromatic N) is 4. The highest BCUT2D eigenvalue weighted by Crippen LogP contribution is 2.14. The maximum Gasteiger partial charge on any atom is 0.254 e. The van der Waals surface area contributed by atoms with Crippen LogP contribution in [0, 0.1) is 0 Å². The van der Waals surface area contributed by atoms with E-state index in [0.29, 0.717) is 17.9 Å². The van der Waals surface area contributed by atoms with Gasteiger partial charge in [-0.2, -0.15) is 0 Å². The molecular weight excluding hydrogens is 284 g/mol. The van der Waals surface area contributed by atoms with E-state index in [2.05, 4.69) is 9.97 Å². The van der Waals surface area contributed by atoms with Crippen LogP contribution in [0.15, 0.2) is 54.6 Å². The topological polar surface area (TPSA) is 51.0 Å². The van der Waals surface area contributed by atoms with Crippen LogP contribution in [0.25, 0.3) is 5.82 Å². The molecule has 1 amide bonds. The summed E-state index contributed by atoms with van der Waals surface area (Å²) in [5.74, 6) is 0.662. The van der Waals surface area contributed by atoms with Gasteiger partial charge in [-0.15, -0.1) is 11.3 Å². The highest BCUT2D eigenvalue weighted by Gasteiger charge is 2.13. The smallest absolute Gasteiger partial charge is 0.254 e. The SMILES string of the molecule is CN(Cc1cccs1)C(=O)c1ccnc(-n2ccnc2)c1. The summed E-state index contributed by atoms with van der Waals surface area (Å²) in [6.07, 6.45) is 6.78. The minimum atomic E-state index is -0.0211. The molecule has 0 N–H and O–H groups in total. The Balaban J connectivity index is 1.80. The van der Waals surface area contributed by atoms with E-state index in [1.807, 2.05) is 17.5 Å². The van der Waals surface area contributed by atoms with Crippen LogP contribution in [0.3, 0.4) is 0 Å². The summed E-state index contributed by atoms with van der Waals surface area (Å²) in [7, 11) is 1.80. The van der Waals surface area contributed by atoms with Crippen LogP contribution in [0.1, 0.15) is 15.2 Å². The second-order valence-corrected chi connectivity index (χ2v) is 5.65. The molecule has 106 valence electrons. The molecule has 0 aromatic carbocycles. The zero-order valence-corrected chi connectivity index (χ0v) is 12.3. The Labute approximate surface area is 126 Å². The zero-order valence-electron chi connectivity index (χ0n) is 11.5. The van der Waals surface area contributed by atoms with Gasteiger partial charge in [0.05, 0.1) is 6.54 Å². The fraction of sp³-hybridized carbons (Fsp3) is 0.133. The molecule has 0 fully saturated rings. The second-order valence-electron chi connectivity index (χ2n) is 4.61. The first-order chi connectivity index (χ1) is 10.2. The highest BCUT2D eigenvalue weighted by atomic mass is 32.1. The molecule has 0 bridgehead atoms. The van der Waals surface area contributed by atoms with Gasteiger partial charge in [0.2, 0.25) is 0 Å². The van der Waals surface area contributed by atoms with Gasteiger partial charge in [-0.3, -0.25) is 9.36 Å². The van der Waals surface area contributed by atoms with E-state index in [9.17, 15) is 4.79 Å². The van der Waals surface area contributed by atoms with E-state index in [-0.39, 0.29) is 5.91 Å². The maximum absolute atomic E-state index is 12.5. The molecule has 0 radical (unpaired) electrons. The number of aromatic nitrogens is 3. The van der Waals surface area contributed by atoms with Gasteiger partial charge in [0.15, 0.2) is 0 Å². The third-order valence-electron chi connectivity index (χ3n) is 3.08. The molecule has 6 heteroatoms. The lowest BCUT2D eigenvalue weighted by molar-refractivity contribution is 0.0786. The quantitative estimate of drug-likeness (QED) is 0.744. The standard InChI is InChI=1S/C15H14N4OS/c1-18(10-13-3-2-8-21-13)15(20)12-4-5-17-14(9-12)19-7-6-16-11-19/h2-9,11H,10H2,1H3. The lowest BCUT2D eigenvalue weighted by Gasteiger charge is -2.16. The van der Waals surface area contributed by atoms with Crippen molar-refractivity contribution in [2.24, 2.45) is 0 Å². The van der Waals surface area contributed by atoms with Gasteiger partial charge < -0.3 is 4.90 Å². The predicted molar refractivity (Wildman–Crippen MR) is 81.5 cm³/mol. The minimum Gasteiger partial charge on any atom is -0.337 e. The van der Waals surface area contributed by atoms with Crippen LogP contribution in [-0.2, 0) is 6.54 Å². The van der Waals surface area contributed by atoms with E-state index in [1.54, 1.807) is 64.9 Å². The first-order valence-electron chi connectivity index (χ1n) is 6.46. The molecule has 0 aliphatic rings. The third kappa shape index (κ3) is 3.00. The van der Waals surface area contributed by atoms with Crippen molar-refractivity contribution in [2.45, 2.75) is 6.54 Å². The van der Waals surface area contributed by atoms with E-state index in [0.717, 1.165) is 4.88 Å². The van der Waals surface area contributed by atoms with Crippen LogP contribution in [0.2, 0.25) is 0 Å². The molecule has 3 rings (SSSR count). The molecule has 0 saturated heterocycles. The Kier molecular flexibility index (Phi) is 3.79. The summed E-state index contributed by atoms with van der Waals surface area (Å²) in [5.41, 5.74) is 0.618. The average molecular weight is 298 g/mol. The summed E-state index contributed by atoms with van der Waals surface area (Å²) >= 11 is 1.65. The summed E-state index contributed by atoms with van der Waals surface area (Å²) in [6.45, 7) is 0.610. The normalized spacial score (nSPS) is 10.5. The molecular formula is C15H14N4OS. The summed E-state index contributed by atoms with van der Waals surface area (Å²) in [4.78, 5) is 23.6. The number of amides is 1. The van der Waals surface area contributed by atoms with Crippen molar-refractivity contribution in [1.29, 1.82) is 0 Å². The first kappa shape index (κ1) is 13.5. The van der Waals surface area contributed by atoms with Gasteiger partial charge in [0.1, 0.15) is 12.1 Å². The second kappa shape index (κ2) is 5.88. The van der Waals surface area contributed by atoms with Gasteiger partial charge in [0, 0.05) is 36.1 Å². The van der Waals surface area contributed by atoms with Crippen LogP contribution in [0.5, 0.6) is 0 Å². The summed E-state index contributed by atoms with van der Waals surface area (Å²) in [6, 6.07) is 7.52. The molecule has 0 aliphatic carbocycles. The van der Waals surface area contributed by atoms with Crippen molar-refractivity contribution in [3.8, 4) is 5.82 Å². The average Bonchev–Trinajstić information content (AvgIpc) is 3.20. The highest BCUT2D eigenvalue weighted by molar-refractivity contribution is 7.09. The fourth-order valence-electron chi connectivity index (χ4n) is 2.02. The Morgan fingerprint density at radius 1 is 1.38 bits per heavy atom. The fourth-order valence-corrected chi connectivity index (χ4v) is 2.77. The lowest BCUT2D eigenvalue weighted by atomic mass is 10.2. The predicted octanol–water partition coefficient (Wildman–Crippen LogP) is 2.60. The van der Waals surface area contributed by atoms with Gasteiger partial charge in [-0.1, -0.05) is 6.07 Å². The minimum absolute atomic E-state index is 0.0211. The van der Waals surface area contributed by atoms with E-state index in [4.69, 9.17) is 0 Å². The number of hydrogen-bond donors (Lipinski definition) is 0. The van der Waals surface area contributed by atoms with Crippen molar-refractivity contribution in [3.05, 3.63) is 65.0 Å². The van der Waals surface area contributed by atoms with Crippen LogP contribution < -0.4 is 0 Å². The first-order valence-corrected chi connectivity index (χ1v) is 7.34. The summed E-state index contributed by atoms with van der Waals surface area (Å²) in [5, 5.41) is 2.01. The molecule has 3 aromatic rings. The summed E-state index contributed by atoms with van der Waals surface area (Å²) < 4.78 is 1.77. The monoisotopic (exact) mass is 298 g/mol. The van der Waals surface area contributed by atoms with Crippen molar-refractivity contribution in [3.63, 3.8) is 0 Å².